The topological polar surface area (TPSA) is 26.0 Å². The predicted octanol–water partition coefficient (Wildman–Crippen LogP) is 3.39. The second-order valence-electron chi connectivity index (χ2n) is 3.13. The van der Waals surface area contributed by atoms with Crippen molar-refractivity contribution < 1.29 is 4.42 Å². The van der Waals surface area contributed by atoms with E-state index in [1.165, 1.54) is 5.56 Å². The van der Waals surface area contributed by atoms with Crippen LogP contribution in [0.1, 0.15) is 11.3 Å². The lowest BCUT2D eigenvalue weighted by Crippen LogP contribution is -1.77. The summed E-state index contributed by atoms with van der Waals surface area (Å²) in [5, 5.41) is 0. The molecule has 3 heteroatoms. The van der Waals surface area contributed by atoms with Gasteiger partial charge in [-0.2, -0.15) is 0 Å². The lowest BCUT2D eigenvalue weighted by atomic mass is 10.1. The van der Waals surface area contributed by atoms with Crippen LogP contribution in [0.5, 0.6) is 0 Å². The van der Waals surface area contributed by atoms with Gasteiger partial charge in [0.1, 0.15) is 5.76 Å². The molecule has 72 valence electrons. The number of rotatable bonds is 2. The summed E-state index contributed by atoms with van der Waals surface area (Å²) in [7, 11) is 0. The van der Waals surface area contributed by atoms with E-state index in [9.17, 15) is 0 Å². The van der Waals surface area contributed by atoms with E-state index in [0.717, 1.165) is 5.56 Å². The summed E-state index contributed by atoms with van der Waals surface area (Å²) in [6, 6.07) is 8.03. The van der Waals surface area contributed by atoms with Gasteiger partial charge < -0.3 is 4.42 Å². The second-order valence-corrected chi connectivity index (χ2v) is 3.40. The van der Waals surface area contributed by atoms with Gasteiger partial charge in [-0.25, -0.2) is 4.98 Å². The summed E-state index contributed by atoms with van der Waals surface area (Å²) >= 11 is 5.62. The molecule has 0 aliphatic heterocycles. The fourth-order valence-corrected chi connectivity index (χ4v) is 1.32. The molecule has 0 aliphatic rings. The van der Waals surface area contributed by atoms with Gasteiger partial charge in [0.05, 0.1) is 12.1 Å². The Labute approximate surface area is 87.5 Å². The average Bonchev–Trinajstić information content (AvgIpc) is 2.67. The van der Waals surface area contributed by atoms with Crippen LogP contribution in [0.15, 0.2) is 34.9 Å². The molecule has 0 atom stereocenters. The Morgan fingerprint density at radius 2 is 2.00 bits per heavy atom. The van der Waals surface area contributed by atoms with Crippen molar-refractivity contribution >= 4 is 11.6 Å². The number of oxazole rings is 1. The van der Waals surface area contributed by atoms with E-state index in [1.54, 1.807) is 6.20 Å². The SMILES string of the molecule is Cc1ccc(-c2ncc(CCl)o2)cc1. The zero-order valence-electron chi connectivity index (χ0n) is 7.83. The Morgan fingerprint density at radius 1 is 1.29 bits per heavy atom. The number of aromatic nitrogens is 1. The normalized spacial score (nSPS) is 10.4. The molecule has 0 saturated heterocycles. The molecule has 1 aromatic heterocycles. The first kappa shape index (κ1) is 9.28. The van der Waals surface area contributed by atoms with Crippen molar-refractivity contribution in [1.29, 1.82) is 0 Å². The monoisotopic (exact) mass is 207 g/mol. The van der Waals surface area contributed by atoms with E-state index in [4.69, 9.17) is 16.0 Å². The highest BCUT2D eigenvalue weighted by molar-refractivity contribution is 6.16. The number of hydrogen-bond donors (Lipinski definition) is 0. The lowest BCUT2D eigenvalue weighted by molar-refractivity contribution is 0.537. The predicted molar refractivity (Wildman–Crippen MR) is 56.2 cm³/mol. The highest BCUT2D eigenvalue weighted by atomic mass is 35.5. The van der Waals surface area contributed by atoms with Crippen LogP contribution in [-0.4, -0.2) is 4.98 Å². The Bertz CT molecular complexity index is 419. The van der Waals surface area contributed by atoms with E-state index >= 15 is 0 Å². The van der Waals surface area contributed by atoms with Crippen LogP contribution in [0.3, 0.4) is 0 Å². The Balaban J connectivity index is 2.34. The molecule has 0 radical (unpaired) electrons. The van der Waals surface area contributed by atoms with Gasteiger partial charge in [0, 0.05) is 5.56 Å². The molecule has 0 unspecified atom stereocenters. The van der Waals surface area contributed by atoms with Crippen LogP contribution in [0.25, 0.3) is 11.5 Å². The van der Waals surface area contributed by atoms with Gasteiger partial charge in [-0.1, -0.05) is 17.7 Å². The third kappa shape index (κ3) is 1.80. The average molecular weight is 208 g/mol. The minimum absolute atomic E-state index is 0.360. The third-order valence-electron chi connectivity index (χ3n) is 1.98. The quantitative estimate of drug-likeness (QED) is 0.706. The molecule has 14 heavy (non-hydrogen) atoms. The Hall–Kier alpha value is -1.28. The molecule has 2 rings (SSSR count). The van der Waals surface area contributed by atoms with Gasteiger partial charge in [-0.05, 0) is 19.1 Å². The summed E-state index contributed by atoms with van der Waals surface area (Å²) in [4.78, 5) is 4.14. The van der Waals surface area contributed by atoms with Crippen molar-refractivity contribution in [1.82, 2.24) is 4.98 Å². The van der Waals surface area contributed by atoms with Gasteiger partial charge in [-0.15, -0.1) is 11.6 Å². The highest BCUT2D eigenvalue weighted by Gasteiger charge is 2.04. The van der Waals surface area contributed by atoms with Gasteiger partial charge >= 0.3 is 0 Å². The number of halogens is 1. The number of benzene rings is 1. The van der Waals surface area contributed by atoms with Crippen molar-refractivity contribution in [2.45, 2.75) is 12.8 Å². The summed E-state index contributed by atoms with van der Waals surface area (Å²) < 4.78 is 5.42. The van der Waals surface area contributed by atoms with E-state index < -0.39 is 0 Å². The molecule has 2 nitrogen and oxygen atoms in total. The van der Waals surface area contributed by atoms with Crippen LogP contribution in [0, 0.1) is 6.92 Å². The largest absolute Gasteiger partial charge is 0.440 e. The summed E-state index contributed by atoms with van der Waals surface area (Å²) in [5.41, 5.74) is 2.20. The van der Waals surface area contributed by atoms with Gasteiger partial charge in [0.15, 0.2) is 0 Å². The molecule has 0 N–H and O–H groups in total. The Kier molecular flexibility index (Phi) is 2.55. The summed E-state index contributed by atoms with van der Waals surface area (Å²) in [6.45, 7) is 2.05. The van der Waals surface area contributed by atoms with E-state index in [1.807, 2.05) is 31.2 Å². The molecule has 2 aromatic rings. The molecule has 0 aliphatic carbocycles. The minimum Gasteiger partial charge on any atom is -0.440 e. The first-order valence-corrected chi connectivity index (χ1v) is 4.91. The van der Waals surface area contributed by atoms with Crippen LogP contribution in [-0.2, 0) is 5.88 Å². The lowest BCUT2D eigenvalue weighted by Gasteiger charge is -1.95. The van der Waals surface area contributed by atoms with Gasteiger partial charge in [0.2, 0.25) is 5.89 Å². The molecular formula is C11H10ClNO. The number of nitrogens with zero attached hydrogens (tertiary/aromatic N) is 1. The molecular weight excluding hydrogens is 198 g/mol. The maximum absolute atomic E-state index is 5.62. The fraction of sp³-hybridized carbons (Fsp3) is 0.182. The van der Waals surface area contributed by atoms with E-state index in [2.05, 4.69) is 4.98 Å². The molecule has 0 amide bonds. The van der Waals surface area contributed by atoms with Crippen molar-refractivity contribution in [3.63, 3.8) is 0 Å². The van der Waals surface area contributed by atoms with Gasteiger partial charge in [0.25, 0.3) is 0 Å². The summed E-state index contributed by atoms with van der Waals surface area (Å²) in [6.07, 6.45) is 1.65. The van der Waals surface area contributed by atoms with Crippen LogP contribution < -0.4 is 0 Å². The van der Waals surface area contributed by atoms with Gasteiger partial charge in [-0.3, -0.25) is 0 Å². The number of alkyl halides is 1. The first-order valence-electron chi connectivity index (χ1n) is 4.37. The number of hydrogen-bond acceptors (Lipinski definition) is 2. The minimum atomic E-state index is 0.360. The molecule has 0 spiro atoms. The first-order chi connectivity index (χ1) is 6.79. The second kappa shape index (κ2) is 3.84. The number of aryl methyl sites for hydroxylation is 1. The van der Waals surface area contributed by atoms with Crippen molar-refractivity contribution in [2.24, 2.45) is 0 Å². The maximum atomic E-state index is 5.62. The smallest absolute Gasteiger partial charge is 0.226 e. The van der Waals surface area contributed by atoms with Crippen LogP contribution >= 0.6 is 11.6 Å². The third-order valence-corrected chi connectivity index (χ3v) is 2.25. The molecule has 0 fully saturated rings. The van der Waals surface area contributed by atoms with Crippen LogP contribution in [0.4, 0.5) is 0 Å². The molecule has 0 bridgehead atoms. The standard InChI is InChI=1S/C11H10ClNO/c1-8-2-4-9(5-3-8)11-13-7-10(6-12)14-11/h2-5,7H,6H2,1H3. The van der Waals surface area contributed by atoms with E-state index in [-0.39, 0.29) is 0 Å². The van der Waals surface area contributed by atoms with Crippen LogP contribution in [0.2, 0.25) is 0 Å². The zero-order chi connectivity index (χ0) is 9.97. The maximum Gasteiger partial charge on any atom is 0.226 e. The highest BCUT2D eigenvalue weighted by Crippen LogP contribution is 2.20. The Morgan fingerprint density at radius 3 is 2.57 bits per heavy atom. The molecule has 1 aromatic carbocycles. The van der Waals surface area contributed by atoms with Crippen molar-refractivity contribution in [3.05, 3.63) is 41.8 Å². The van der Waals surface area contributed by atoms with Crippen molar-refractivity contribution in [2.75, 3.05) is 0 Å². The van der Waals surface area contributed by atoms with Crippen molar-refractivity contribution in [3.8, 4) is 11.5 Å². The zero-order valence-corrected chi connectivity index (χ0v) is 8.58. The summed E-state index contributed by atoms with van der Waals surface area (Å²) in [5.74, 6) is 1.68. The van der Waals surface area contributed by atoms with E-state index in [0.29, 0.717) is 17.5 Å². The molecule has 0 saturated carbocycles. The molecule has 1 heterocycles. The fourth-order valence-electron chi connectivity index (χ4n) is 1.20.